The second-order valence-corrected chi connectivity index (χ2v) is 4.52. The minimum atomic E-state index is 0.0729. The van der Waals surface area contributed by atoms with Crippen molar-refractivity contribution in [2.45, 2.75) is 19.9 Å². The fourth-order valence-corrected chi connectivity index (χ4v) is 2.38. The second kappa shape index (κ2) is 3.48. The van der Waals surface area contributed by atoms with Crippen molar-refractivity contribution in [2.75, 3.05) is 0 Å². The summed E-state index contributed by atoms with van der Waals surface area (Å²) in [4.78, 5) is 12.4. The van der Waals surface area contributed by atoms with Gasteiger partial charge in [0, 0.05) is 12.2 Å². The lowest BCUT2D eigenvalue weighted by Gasteiger charge is -2.15. The van der Waals surface area contributed by atoms with Crippen molar-refractivity contribution in [1.29, 1.82) is 0 Å². The van der Waals surface area contributed by atoms with Crippen LogP contribution in [0.1, 0.15) is 19.9 Å². The van der Waals surface area contributed by atoms with Crippen LogP contribution in [0.3, 0.4) is 0 Å². The van der Waals surface area contributed by atoms with Crippen molar-refractivity contribution in [3.63, 3.8) is 0 Å². The molecule has 0 fully saturated rings. The quantitative estimate of drug-likeness (QED) is 0.626. The first-order chi connectivity index (χ1) is 8.20. The van der Waals surface area contributed by atoms with Crippen molar-refractivity contribution < 1.29 is 0 Å². The van der Waals surface area contributed by atoms with Crippen molar-refractivity contribution in [1.82, 2.24) is 8.97 Å². The highest BCUT2D eigenvalue weighted by molar-refractivity contribution is 5.79. The highest BCUT2D eigenvalue weighted by atomic mass is 16.1. The summed E-state index contributed by atoms with van der Waals surface area (Å²) in [6.45, 7) is 4.07. The van der Waals surface area contributed by atoms with E-state index in [1.807, 2.05) is 65.4 Å². The third kappa shape index (κ3) is 1.32. The number of para-hydroxylation sites is 2. The number of benzene rings is 1. The standard InChI is InChI=1S/C14H14N2O/c1-10(2)16-12-7-4-3-6-11(12)15-9-5-8-13(15)14(16)17/h3-10H,1-2H3. The van der Waals surface area contributed by atoms with Crippen LogP contribution in [0.15, 0.2) is 47.4 Å². The molecule has 3 aromatic rings. The van der Waals surface area contributed by atoms with Gasteiger partial charge in [0.05, 0.1) is 11.0 Å². The highest BCUT2D eigenvalue weighted by Gasteiger charge is 2.11. The Morgan fingerprint density at radius 1 is 0.941 bits per heavy atom. The normalized spacial score (nSPS) is 11.7. The summed E-state index contributed by atoms with van der Waals surface area (Å²) in [5, 5.41) is 0. The Kier molecular flexibility index (Phi) is 2.08. The SMILES string of the molecule is CC(C)n1c(=O)c2cccn2c2ccccc21. The van der Waals surface area contributed by atoms with E-state index in [9.17, 15) is 4.79 Å². The molecule has 0 aliphatic heterocycles. The summed E-state index contributed by atoms with van der Waals surface area (Å²) in [5.41, 5.74) is 2.86. The average Bonchev–Trinajstić information content (AvgIpc) is 2.78. The summed E-state index contributed by atoms with van der Waals surface area (Å²) in [6.07, 6.45) is 1.93. The summed E-state index contributed by atoms with van der Waals surface area (Å²) in [5.74, 6) is 0. The number of fused-ring (bicyclic) bond motifs is 3. The summed E-state index contributed by atoms with van der Waals surface area (Å²) < 4.78 is 3.81. The summed E-state index contributed by atoms with van der Waals surface area (Å²) in [7, 11) is 0. The van der Waals surface area contributed by atoms with E-state index in [1.54, 1.807) is 0 Å². The van der Waals surface area contributed by atoms with Gasteiger partial charge in [-0.25, -0.2) is 0 Å². The van der Waals surface area contributed by atoms with Crippen LogP contribution in [-0.2, 0) is 0 Å². The minimum absolute atomic E-state index is 0.0729. The van der Waals surface area contributed by atoms with Gasteiger partial charge in [0.2, 0.25) is 0 Å². The van der Waals surface area contributed by atoms with Crippen LogP contribution in [-0.4, -0.2) is 8.97 Å². The van der Waals surface area contributed by atoms with E-state index in [0.717, 1.165) is 16.6 Å². The maximum Gasteiger partial charge on any atom is 0.275 e. The largest absolute Gasteiger partial charge is 0.310 e. The fourth-order valence-electron chi connectivity index (χ4n) is 2.38. The molecular formula is C14H14N2O. The molecule has 0 atom stereocenters. The molecule has 1 aromatic carbocycles. The first-order valence-electron chi connectivity index (χ1n) is 5.80. The van der Waals surface area contributed by atoms with Gasteiger partial charge in [-0.3, -0.25) is 4.79 Å². The van der Waals surface area contributed by atoms with Crippen LogP contribution in [0.25, 0.3) is 16.6 Å². The predicted molar refractivity (Wildman–Crippen MR) is 69.5 cm³/mol. The Bertz CT molecular complexity index is 750. The van der Waals surface area contributed by atoms with E-state index in [4.69, 9.17) is 0 Å². The second-order valence-electron chi connectivity index (χ2n) is 4.52. The van der Waals surface area contributed by atoms with E-state index >= 15 is 0 Å². The zero-order valence-electron chi connectivity index (χ0n) is 9.92. The molecule has 86 valence electrons. The Labute approximate surface area is 98.9 Å². The number of aromatic nitrogens is 2. The zero-order chi connectivity index (χ0) is 12.0. The number of rotatable bonds is 1. The topological polar surface area (TPSA) is 26.4 Å². The lowest BCUT2D eigenvalue weighted by atomic mass is 10.2. The first kappa shape index (κ1) is 10.1. The predicted octanol–water partition coefficient (Wildman–Crippen LogP) is 2.84. The summed E-state index contributed by atoms with van der Waals surface area (Å²) in [6, 6.07) is 11.9. The van der Waals surface area contributed by atoms with Crippen LogP contribution in [0, 0.1) is 0 Å². The van der Waals surface area contributed by atoms with E-state index in [0.29, 0.717) is 0 Å². The molecule has 0 unspecified atom stereocenters. The summed E-state index contributed by atoms with van der Waals surface area (Å²) >= 11 is 0. The molecular weight excluding hydrogens is 212 g/mol. The minimum Gasteiger partial charge on any atom is -0.310 e. The lowest BCUT2D eigenvalue weighted by Crippen LogP contribution is -2.24. The van der Waals surface area contributed by atoms with Crippen LogP contribution in [0.2, 0.25) is 0 Å². The molecule has 0 amide bonds. The van der Waals surface area contributed by atoms with Gasteiger partial charge in [0.25, 0.3) is 5.56 Å². The Hall–Kier alpha value is -2.03. The Morgan fingerprint density at radius 2 is 1.59 bits per heavy atom. The van der Waals surface area contributed by atoms with Gasteiger partial charge >= 0.3 is 0 Å². The monoisotopic (exact) mass is 226 g/mol. The van der Waals surface area contributed by atoms with Gasteiger partial charge in [-0.05, 0) is 38.1 Å². The molecule has 2 heterocycles. The van der Waals surface area contributed by atoms with Gasteiger partial charge in [0.15, 0.2) is 0 Å². The molecule has 2 aromatic heterocycles. The van der Waals surface area contributed by atoms with Gasteiger partial charge in [-0.2, -0.15) is 0 Å². The number of hydrogen-bond acceptors (Lipinski definition) is 1. The van der Waals surface area contributed by atoms with Gasteiger partial charge in [0.1, 0.15) is 5.52 Å². The third-order valence-electron chi connectivity index (χ3n) is 3.10. The molecule has 0 bridgehead atoms. The first-order valence-corrected chi connectivity index (χ1v) is 5.80. The Balaban J connectivity index is 2.67. The van der Waals surface area contributed by atoms with E-state index < -0.39 is 0 Å². The molecule has 3 nitrogen and oxygen atoms in total. The van der Waals surface area contributed by atoms with Crippen LogP contribution < -0.4 is 5.56 Å². The molecule has 0 saturated carbocycles. The lowest BCUT2D eigenvalue weighted by molar-refractivity contribution is 0.601. The third-order valence-corrected chi connectivity index (χ3v) is 3.10. The van der Waals surface area contributed by atoms with Crippen LogP contribution >= 0.6 is 0 Å². The van der Waals surface area contributed by atoms with E-state index in [-0.39, 0.29) is 11.6 Å². The molecule has 3 rings (SSSR count). The Morgan fingerprint density at radius 3 is 2.29 bits per heavy atom. The van der Waals surface area contributed by atoms with Crippen molar-refractivity contribution in [3.05, 3.63) is 52.9 Å². The number of hydrogen-bond donors (Lipinski definition) is 0. The average molecular weight is 226 g/mol. The van der Waals surface area contributed by atoms with Gasteiger partial charge in [-0.15, -0.1) is 0 Å². The van der Waals surface area contributed by atoms with Crippen LogP contribution in [0.4, 0.5) is 0 Å². The van der Waals surface area contributed by atoms with E-state index in [2.05, 4.69) is 0 Å². The molecule has 3 heteroatoms. The number of nitrogens with zero attached hydrogens (tertiary/aromatic N) is 2. The maximum absolute atomic E-state index is 12.4. The molecule has 0 radical (unpaired) electrons. The molecule has 0 aliphatic carbocycles. The van der Waals surface area contributed by atoms with Gasteiger partial charge < -0.3 is 8.97 Å². The van der Waals surface area contributed by atoms with Gasteiger partial charge in [-0.1, -0.05) is 12.1 Å². The smallest absolute Gasteiger partial charge is 0.275 e. The van der Waals surface area contributed by atoms with Crippen LogP contribution in [0.5, 0.6) is 0 Å². The van der Waals surface area contributed by atoms with Crippen molar-refractivity contribution in [2.24, 2.45) is 0 Å². The molecule has 0 aliphatic rings. The van der Waals surface area contributed by atoms with Crippen molar-refractivity contribution >= 4 is 16.6 Å². The van der Waals surface area contributed by atoms with E-state index in [1.165, 1.54) is 0 Å². The molecule has 0 saturated heterocycles. The van der Waals surface area contributed by atoms with Crippen molar-refractivity contribution in [3.8, 4) is 0 Å². The molecule has 0 N–H and O–H groups in total. The highest BCUT2D eigenvalue weighted by Crippen LogP contribution is 2.17. The zero-order valence-corrected chi connectivity index (χ0v) is 9.92. The molecule has 17 heavy (non-hydrogen) atoms. The maximum atomic E-state index is 12.4. The molecule has 0 spiro atoms. The fraction of sp³-hybridized carbons (Fsp3) is 0.214.